The van der Waals surface area contributed by atoms with Crippen LogP contribution in [0.3, 0.4) is 0 Å². The Kier molecular flexibility index (Phi) is 2.71. The molecule has 0 aliphatic rings. The van der Waals surface area contributed by atoms with Crippen LogP contribution in [0.4, 0.5) is 5.82 Å². The third-order valence-corrected chi connectivity index (χ3v) is 2.69. The maximum absolute atomic E-state index is 11.6. The van der Waals surface area contributed by atoms with Crippen LogP contribution in [0.15, 0.2) is 41.2 Å². The van der Waals surface area contributed by atoms with Crippen molar-refractivity contribution in [3.63, 3.8) is 0 Å². The van der Waals surface area contributed by atoms with Gasteiger partial charge in [0.15, 0.2) is 0 Å². The molecule has 16 heavy (non-hydrogen) atoms. The third-order valence-electron chi connectivity index (χ3n) is 2.46. The minimum Gasteiger partial charge on any atom is -0.385 e. The molecule has 2 aromatic rings. The predicted octanol–water partition coefficient (Wildman–Crippen LogP) is 2.29. The number of pyridine rings is 1. The Morgan fingerprint density at radius 1 is 1.19 bits per heavy atom. The van der Waals surface area contributed by atoms with Gasteiger partial charge in [0.25, 0.3) is 5.56 Å². The van der Waals surface area contributed by atoms with Crippen molar-refractivity contribution in [2.45, 2.75) is 0 Å². The second kappa shape index (κ2) is 4.02. The van der Waals surface area contributed by atoms with E-state index in [0.717, 1.165) is 11.1 Å². The van der Waals surface area contributed by atoms with Gasteiger partial charge in [-0.25, -0.2) is 0 Å². The molecule has 0 radical (unpaired) electrons. The minimum atomic E-state index is -0.130. The number of anilines is 1. The number of halogens is 1. The van der Waals surface area contributed by atoms with Crippen LogP contribution in [0.25, 0.3) is 11.1 Å². The zero-order valence-electron chi connectivity index (χ0n) is 8.77. The molecule has 2 rings (SSSR count). The summed E-state index contributed by atoms with van der Waals surface area (Å²) in [5, 5.41) is 0.636. The van der Waals surface area contributed by atoms with Gasteiger partial charge in [-0.1, -0.05) is 23.7 Å². The average Bonchev–Trinajstić information content (AvgIpc) is 2.25. The first-order valence-corrected chi connectivity index (χ1v) is 5.18. The average molecular weight is 235 g/mol. The fraction of sp³-hybridized carbons (Fsp3) is 0.0833. The van der Waals surface area contributed by atoms with Crippen molar-refractivity contribution in [2.75, 3.05) is 5.73 Å². The number of aromatic nitrogens is 1. The molecule has 0 saturated heterocycles. The minimum absolute atomic E-state index is 0.130. The van der Waals surface area contributed by atoms with E-state index in [-0.39, 0.29) is 5.56 Å². The number of benzene rings is 1. The Bertz CT molecular complexity index is 590. The predicted molar refractivity (Wildman–Crippen MR) is 66.5 cm³/mol. The molecule has 0 unspecified atom stereocenters. The van der Waals surface area contributed by atoms with Crippen LogP contribution in [0.2, 0.25) is 5.02 Å². The lowest BCUT2D eigenvalue weighted by Crippen LogP contribution is -2.18. The molecular weight excluding hydrogens is 224 g/mol. The van der Waals surface area contributed by atoms with Gasteiger partial charge in [-0.2, -0.15) is 0 Å². The van der Waals surface area contributed by atoms with E-state index in [4.69, 9.17) is 17.3 Å². The molecule has 1 aromatic carbocycles. The van der Waals surface area contributed by atoms with Gasteiger partial charge in [0.1, 0.15) is 5.82 Å². The van der Waals surface area contributed by atoms with Crippen molar-refractivity contribution >= 4 is 17.4 Å². The normalized spacial score (nSPS) is 10.4. The van der Waals surface area contributed by atoms with Gasteiger partial charge in [-0.05, 0) is 29.3 Å². The molecule has 82 valence electrons. The summed E-state index contributed by atoms with van der Waals surface area (Å²) in [6.07, 6.45) is 0. The fourth-order valence-corrected chi connectivity index (χ4v) is 1.68. The van der Waals surface area contributed by atoms with Crippen molar-refractivity contribution in [1.29, 1.82) is 0 Å². The molecule has 0 fully saturated rings. The van der Waals surface area contributed by atoms with Gasteiger partial charge < -0.3 is 5.73 Å². The lowest BCUT2D eigenvalue weighted by Gasteiger charge is -2.06. The Hall–Kier alpha value is -1.74. The molecule has 0 amide bonds. The highest BCUT2D eigenvalue weighted by molar-refractivity contribution is 6.30. The lowest BCUT2D eigenvalue weighted by atomic mass is 10.1. The Labute approximate surface area is 98.1 Å². The van der Waals surface area contributed by atoms with Crippen molar-refractivity contribution in [1.82, 2.24) is 4.57 Å². The van der Waals surface area contributed by atoms with Gasteiger partial charge in [0.2, 0.25) is 0 Å². The van der Waals surface area contributed by atoms with Crippen molar-refractivity contribution < 1.29 is 0 Å². The Morgan fingerprint density at radius 2 is 1.94 bits per heavy atom. The van der Waals surface area contributed by atoms with Crippen molar-refractivity contribution in [3.05, 3.63) is 51.8 Å². The molecule has 0 aliphatic carbocycles. The summed E-state index contributed by atoms with van der Waals surface area (Å²) in [7, 11) is 1.64. The van der Waals surface area contributed by atoms with E-state index in [1.807, 2.05) is 12.1 Å². The first-order valence-electron chi connectivity index (χ1n) is 4.80. The summed E-state index contributed by atoms with van der Waals surface area (Å²) in [6.45, 7) is 0. The number of rotatable bonds is 1. The second-order valence-corrected chi connectivity index (χ2v) is 4.01. The first-order chi connectivity index (χ1) is 7.58. The standard InChI is InChI=1S/C12H11ClN2O/c1-15-11(14)6-9(7-12(15)16)8-3-2-4-10(13)5-8/h2-7H,14H2,1H3. The fourth-order valence-electron chi connectivity index (χ4n) is 1.49. The van der Waals surface area contributed by atoms with E-state index in [9.17, 15) is 4.79 Å². The largest absolute Gasteiger partial charge is 0.385 e. The maximum atomic E-state index is 11.6. The second-order valence-electron chi connectivity index (χ2n) is 3.58. The number of hydrogen-bond acceptors (Lipinski definition) is 2. The van der Waals surface area contributed by atoms with E-state index in [0.29, 0.717) is 10.8 Å². The zero-order valence-corrected chi connectivity index (χ0v) is 9.53. The summed E-state index contributed by atoms with van der Waals surface area (Å²) < 4.78 is 1.40. The molecule has 1 heterocycles. The highest BCUT2D eigenvalue weighted by Gasteiger charge is 2.03. The molecule has 3 nitrogen and oxygen atoms in total. The topological polar surface area (TPSA) is 48.0 Å². The van der Waals surface area contributed by atoms with E-state index in [1.165, 1.54) is 4.57 Å². The van der Waals surface area contributed by atoms with Crippen LogP contribution in [0, 0.1) is 0 Å². The molecule has 0 atom stereocenters. The van der Waals surface area contributed by atoms with Crippen LogP contribution in [-0.2, 0) is 7.05 Å². The zero-order chi connectivity index (χ0) is 11.7. The Balaban J connectivity index is 2.61. The van der Waals surface area contributed by atoms with E-state index in [1.54, 1.807) is 31.3 Å². The molecular formula is C12H11ClN2O. The van der Waals surface area contributed by atoms with Crippen molar-refractivity contribution in [2.24, 2.45) is 7.05 Å². The number of nitrogens with zero attached hydrogens (tertiary/aromatic N) is 1. The van der Waals surface area contributed by atoms with Gasteiger partial charge in [0.05, 0.1) is 0 Å². The summed E-state index contributed by atoms with van der Waals surface area (Å²) in [5.41, 5.74) is 7.26. The van der Waals surface area contributed by atoms with Gasteiger partial charge >= 0.3 is 0 Å². The number of hydrogen-bond donors (Lipinski definition) is 1. The molecule has 0 saturated carbocycles. The Morgan fingerprint density at radius 3 is 2.56 bits per heavy atom. The van der Waals surface area contributed by atoms with E-state index >= 15 is 0 Å². The van der Waals surface area contributed by atoms with Gasteiger partial charge in [-0.15, -0.1) is 0 Å². The molecule has 0 spiro atoms. The van der Waals surface area contributed by atoms with Crippen LogP contribution in [-0.4, -0.2) is 4.57 Å². The lowest BCUT2D eigenvalue weighted by molar-refractivity contribution is 0.876. The summed E-state index contributed by atoms with van der Waals surface area (Å²) in [5.74, 6) is 0.433. The number of nitrogen functional groups attached to an aromatic ring is 1. The smallest absolute Gasteiger partial charge is 0.252 e. The highest BCUT2D eigenvalue weighted by Crippen LogP contribution is 2.22. The quantitative estimate of drug-likeness (QED) is 0.823. The highest BCUT2D eigenvalue weighted by atomic mass is 35.5. The molecule has 0 aliphatic heterocycles. The maximum Gasteiger partial charge on any atom is 0.252 e. The van der Waals surface area contributed by atoms with Gasteiger partial charge in [-0.3, -0.25) is 9.36 Å². The summed E-state index contributed by atoms with van der Waals surface area (Å²) in [6, 6.07) is 10.6. The third kappa shape index (κ3) is 1.95. The van der Waals surface area contributed by atoms with E-state index in [2.05, 4.69) is 0 Å². The summed E-state index contributed by atoms with van der Waals surface area (Å²) in [4.78, 5) is 11.6. The van der Waals surface area contributed by atoms with Gasteiger partial charge in [0, 0.05) is 18.1 Å². The molecule has 1 aromatic heterocycles. The first kappa shape index (κ1) is 10.8. The van der Waals surface area contributed by atoms with Crippen LogP contribution < -0.4 is 11.3 Å². The molecule has 4 heteroatoms. The van der Waals surface area contributed by atoms with Crippen LogP contribution >= 0.6 is 11.6 Å². The van der Waals surface area contributed by atoms with Crippen LogP contribution in [0.5, 0.6) is 0 Å². The van der Waals surface area contributed by atoms with Crippen molar-refractivity contribution in [3.8, 4) is 11.1 Å². The monoisotopic (exact) mass is 234 g/mol. The SMILES string of the molecule is Cn1c(N)cc(-c2cccc(Cl)c2)cc1=O. The van der Waals surface area contributed by atoms with E-state index < -0.39 is 0 Å². The molecule has 2 N–H and O–H groups in total. The van der Waals surface area contributed by atoms with Crippen LogP contribution in [0.1, 0.15) is 0 Å². The summed E-state index contributed by atoms with van der Waals surface area (Å²) >= 11 is 5.89. The molecule has 0 bridgehead atoms. The number of nitrogens with two attached hydrogens (primary N) is 1.